The van der Waals surface area contributed by atoms with Crippen LogP contribution in [0.4, 0.5) is 0 Å². The predicted molar refractivity (Wildman–Crippen MR) is 95.5 cm³/mol. The number of thiophene rings is 1. The molecule has 0 bridgehead atoms. The summed E-state index contributed by atoms with van der Waals surface area (Å²) in [5.41, 5.74) is 0.784. The Morgan fingerprint density at radius 3 is 2.60 bits per heavy atom. The number of esters is 1. The molecule has 0 saturated carbocycles. The monoisotopic (exact) mass is 359 g/mol. The minimum Gasteiger partial charge on any atom is -0.468 e. The molecule has 0 atom stereocenters. The summed E-state index contributed by atoms with van der Waals surface area (Å²) in [4.78, 5) is 16.5. The molecule has 6 heteroatoms. The number of methoxy groups -OCH3 is 1. The summed E-state index contributed by atoms with van der Waals surface area (Å²) >= 11 is 1.78. The van der Waals surface area contributed by atoms with Crippen molar-refractivity contribution in [1.82, 2.24) is 4.90 Å². The molecule has 0 aliphatic heterocycles. The van der Waals surface area contributed by atoms with Gasteiger partial charge >= 0.3 is 5.97 Å². The van der Waals surface area contributed by atoms with Crippen molar-refractivity contribution in [2.75, 3.05) is 7.11 Å². The lowest BCUT2D eigenvalue weighted by Gasteiger charge is -2.19. The van der Waals surface area contributed by atoms with Crippen LogP contribution in [0.3, 0.4) is 0 Å². The molecule has 132 valence electrons. The van der Waals surface area contributed by atoms with E-state index in [1.54, 1.807) is 17.6 Å². The van der Waals surface area contributed by atoms with Gasteiger partial charge in [-0.25, -0.2) is 4.79 Å². The summed E-state index contributed by atoms with van der Waals surface area (Å²) in [7, 11) is 1.35. The Bertz CT molecular complexity index is 832. The third-order valence-electron chi connectivity index (χ3n) is 3.85. The van der Waals surface area contributed by atoms with E-state index in [9.17, 15) is 4.79 Å². The number of nitrogens with zero attached hydrogens (tertiary/aromatic N) is 1. The van der Waals surface area contributed by atoms with E-state index in [0.29, 0.717) is 13.1 Å². The van der Waals surface area contributed by atoms with Gasteiger partial charge in [-0.2, -0.15) is 0 Å². The van der Waals surface area contributed by atoms with Gasteiger partial charge in [0, 0.05) is 21.9 Å². The maximum absolute atomic E-state index is 11.7. The first-order valence-corrected chi connectivity index (χ1v) is 8.84. The fourth-order valence-corrected chi connectivity index (χ4v) is 3.66. The van der Waals surface area contributed by atoms with E-state index >= 15 is 0 Å². The Morgan fingerprint density at radius 2 is 1.96 bits per heavy atom. The Kier molecular flexibility index (Phi) is 5.40. The van der Waals surface area contributed by atoms with E-state index in [1.165, 1.54) is 16.9 Å². The highest BCUT2D eigenvalue weighted by Crippen LogP contribution is 2.22. The number of ether oxygens (including phenoxy) is 1. The van der Waals surface area contributed by atoms with Crippen LogP contribution < -0.4 is 0 Å². The molecule has 0 unspecified atom stereocenters. The zero-order chi connectivity index (χ0) is 17.8. The van der Waals surface area contributed by atoms with Crippen molar-refractivity contribution < 1.29 is 18.4 Å². The van der Waals surface area contributed by atoms with E-state index in [-0.39, 0.29) is 5.76 Å². The van der Waals surface area contributed by atoms with E-state index in [4.69, 9.17) is 13.6 Å². The number of hydrogen-bond donors (Lipinski definition) is 0. The lowest BCUT2D eigenvalue weighted by Crippen LogP contribution is -2.21. The standard InChI is InChI=1S/C19H21NO4S/c1-13-9-16(24-18(13)19(21)22-3)11-20(10-15-5-4-8-23-15)12-17-7-6-14(2)25-17/h4-9H,10-12H2,1-3H3. The van der Waals surface area contributed by atoms with Gasteiger partial charge in [-0.15, -0.1) is 11.3 Å². The van der Waals surface area contributed by atoms with Gasteiger partial charge in [0.05, 0.1) is 26.5 Å². The number of rotatable bonds is 7. The minimum absolute atomic E-state index is 0.266. The molecule has 3 aromatic rings. The van der Waals surface area contributed by atoms with Crippen LogP contribution in [0.15, 0.2) is 45.4 Å². The number of aryl methyl sites for hydroxylation is 2. The molecule has 3 rings (SSSR count). The second kappa shape index (κ2) is 7.72. The van der Waals surface area contributed by atoms with Crippen molar-refractivity contribution in [2.45, 2.75) is 33.5 Å². The SMILES string of the molecule is COC(=O)c1oc(CN(Cc2ccco2)Cc2ccc(C)s2)cc1C. The van der Waals surface area contributed by atoms with Crippen LogP contribution >= 0.6 is 11.3 Å². The third kappa shape index (κ3) is 4.41. The topological polar surface area (TPSA) is 55.8 Å². The molecule has 25 heavy (non-hydrogen) atoms. The summed E-state index contributed by atoms with van der Waals surface area (Å²) in [5.74, 6) is 1.44. The lowest BCUT2D eigenvalue weighted by atomic mass is 10.2. The fourth-order valence-electron chi connectivity index (χ4n) is 2.72. The summed E-state index contributed by atoms with van der Waals surface area (Å²) in [5, 5.41) is 0. The molecule has 5 nitrogen and oxygen atoms in total. The zero-order valence-corrected chi connectivity index (χ0v) is 15.4. The van der Waals surface area contributed by atoms with Crippen LogP contribution in [0.25, 0.3) is 0 Å². The third-order valence-corrected chi connectivity index (χ3v) is 4.84. The van der Waals surface area contributed by atoms with Crippen molar-refractivity contribution in [3.05, 3.63) is 69.2 Å². The summed E-state index contributed by atoms with van der Waals surface area (Å²) in [6, 6.07) is 10.00. The minimum atomic E-state index is -0.449. The first kappa shape index (κ1) is 17.5. The molecule has 0 aliphatic carbocycles. The first-order valence-electron chi connectivity index (χ1n) is 8.03. The molecule has 0 amide bonds. The van der Waals surface area contributed by atoms with Crippen molar-refractivity contribution in [2.24, 2.45) is 0 Å². The highest BCUT2D eigenvalue weighted by Gasteiger charge is 2.19. The van der Waals surface area contributed by atoms with Crippen LogP contribution in [0.2, 0.25) is 0 Å². The highest BCUT2D eigenvalue weighted by atomic mass is 32.1. The molecular formula is C19H21NO4S. The van der Waals surface area contributed by atoms with Crippen molar-refractivity contribution in [1.29, 1.82) is 0 Å². The molecule has 0 spiro atoms. The van der Waals surface area contributed by atoms with Gasteiger partial charge in [-0.3, -0.25) is 4.90 Å². The molecule has 0 fully saturated rings. The Morgan fingerprint density at radius 1 is 1.16 bits per heavy atom. The van der Waals surface area contributed by atoms with E-state index < -0.39 is 5.97 Å². The van der Waals surface area contributed by atoms with Crippen molar-refractivity contribution >= 4 is 17.3 Å². The Balaban J connectivity index is 1.78. The van der Waals surface area contributed by atoms with Gasteiger partial charge in [0.25, 0.3) is 0 Å². The van der Waals surface area contributed by atoms with E-state index in [0.717, 1.165) is 23.6 Å². The number of carbonyl (C=O) groups is 1. The Labute approximate surface area is 150 Å². The molecule has 0 N–H and O–H groups in total. The van der Waals surface area contributed by atoms with Gasteiger partial charge < -0.3 is 13.6 Å². The molecule has 0 aliphatic rings. The average molecular weight is 359 g/mol. The molecule has 3 aromatic heterocycles. The van der Waals surface area contributed by atoms with Gasteiger partial charge in [-0.1, -0.05) is 0 Å². The molecular weight excluding hydrogens is 338 g/mol. The van der Waals surface area contributed by atoms with Crippen LogP contribution in [-0.2, 0) is 24.4 Å². The average Bonchev–Trinajstić information content (AvgIpc) is 3.30. The van der Waals surface area contributed by atoms with Crippen LogP contribution in [-0.4, -0.2) is 18.0 Å². The van der Waals surface area contributed by atoms with Gasteiger partial charge in [0.15, 0.2) is 0 Å². The maximum atomic E-state index is 11.7. The second-order valence-electron chi connectivity index (χ2n) is 5.95. The van der Waals surface area contributed by atoms with Gasteiger partial charge in [-0.05, 0) is 44.2 Å². The van der Waals surface area contributed by atoms with Crippen LogP contribution in [0.5, 0.6) is 0 Å². The van der Waals surface area contributed by atoms with Crippen molar-refractivity contribution in [3.8, 4) is 0 Å². The predicted octanol–water partition coefficient (Wildman–Crippen LogP) is 4.54. The normalized spacial score (nSPS) is 11.2. The summed E-state index contributed by atoms with van der Waals surface area (Å²) in [6.45, 7) is 5.97. The van der Waals surface area contributed by atoms with Crippen LogP contribution in [0.1, 0.15) is 37.4 Å². The van der Waals surface area contributed by atoms with Gasteiger partial charge in [0.1, 0.15) is 11.5 Å². The lowest BCUT2D eigenvalue weighted by molar-refractivity contribution is 0.0559. The Hall–Kier alpha value is -2.31. The van der Waals surface area contributed by atoms with Crippen molar-refractivity contribution in [3.63, 3.8) is 0 Å². The zero-order valence-electron chi connectivity index (χ0n) is 14.6. The molecule has 3 heterocycles. The van der Waals surface area contributed by atoms with E-state index in [1.807, 2.05) is 25.1 Å². The number of hydrogen-bond acceptors (Lipinski definition) is 6. The molecule has 0 saturated heterocycles. The highest BCUT2D eigenvalue weighted by molar-refractivity contribution is 7.11. The summed E-state index contributed by atoms with van der Waals surface area (Å²) < 4.78 is 16.0. The second-order valence-corrected chi connectivity index (χ2v) is 7.33. The van der Waals surface area contributed by atoms with Gasteiger partial charge in [0.2, 0.25) is 5.76 Å². The quantitative estimate of drug-likeness (QED) is 0.580. The molecule has 0 radical (unpaired) electrons. The summed E-state index contributed by atoms with van der Waals surface area (Å²) in [6.07, 6.45) is 1.68. The smallest absolute Gasteiger partial charge is 0.374 e. The van der Waals surface area contributed by atoms with E-state index in [2.05, 4.69) is 24.0 Å². The fraction of sp³-hybridized carbons (Fsp3) is 0.316. The number of furan rings is 2. The number of carbonyl (C=O) groups excluding carboxylic acids is 1. The first-order chi connectivity index (χ1) is 12.0. The molecule has 0 aromatic carbocycles. The maximum Gasteiger partial charge on any atom is 0.374 e. The van der Waals surface area contributed by atoms with Crippen LogP contribution in [0, 0.1) is 13.8 Å². The largest absolute Gasteiger partial charge is 0.468 e.